The van der Waals surface area contributed by atoms with Crippen molar-refractivity contribution in [2.24, 2.45) is 0 Å². The molecule has 0 unspecified atom stereocenters. The number of hydrogen-bond acceptors (Lipinski definition) is 3. The van der Waals surface area contributed by atoms with Crippen molar-refractivity contribution in [2.75, 3.05) is 18.5 Å². The molecule has 138 valence electrons. The van der Waals surface area contributed by atoms with E-state index in [1.54, 1.807) is 18.2 Å². The van der Waals surface area contributed by atoms with E-state index < -0.39 is 6.43 Å². The van der Waals surface area contributed by atoms with Gasteiger partial charge in [-0.15, -0.1) is 0 Å². The highest BCUT2D eigenvalue weighted by Gasteiger charge is 2.24. The zero-order valence-corrected chi connectivity index (χ0v) is 15.2. The van der Waals surface area contributed by atoms with Gasteiger partial charge in [0.25, 0.3) is 12.3 Å². The van der Waals surface area contributed by atoms with Crippen molar-refractivity contribution in [3.05, 3.63) is 47.3 Å². The quantitative estimate of drug-likeness (QED) is 0.890. The molecule has 0 radical (unpaired) electrons. The molecule has 0 aliphatic carbocycles. The number of benzene rings is 1. The summed E-state index contributed by atoms with van der Waals surface area (Å²) in [7, 11) is 1.52. The maximum Gasteiger partial charge on any atom is 0.269 e. The fourth-order valence-electron chi connectivity index (χ4n) is 3.46. The Morgan fingerprint density at radius 2 is 2.04 bits per heavy atom. The molecule has 6 heteroatoms. The summed E-state index contributed by atoms with van der Waals surface area (Å²) in [5.41, 5.74) is 3.34. The first-order valence-corrected chi connectivity index (χ1v) is 8.82. The molecule has 0 saturated carbocycles. The van der Waals surface area contributed by atoms with Crippen molar-refractivity contribution in [3.63, 3.8) is 0 Å². The van der Waals surface area contributed by atoms with Gasteiger partial charge in [-0.2, -0.15) is 0 Å². The molecule has 1 aliphatic rings. The molecular formula is C20H23F2N3O. The van der Waals surface area contributed by atoms with Gasteiger partial charge in [-0.1, -0.05) is 6.07 Å². The third-order valence-corrected chi connectivity index (χ3v) is 4.80. The van der Waals surface area contributed by atoms with Gasteiger partial charge < -0.3 is 10.2 Å². The largest absolute Gasteiger partial charge is 0.369 e. The molecule has 0 saturated heterocycles. The van der Waals surface area contributed by atoms with Crippen LogP contribution in [0.2, 0.25) is 0 Å². The van der Waals surface area contributed by atoms with Crippen molar-refractivity contribution in [1.82, 2.24) is 10.3 Å². The number of aromatic nitrogens is 1. The number of rotatable bonds is 4. The van der Waals surface area contributed by atoms with Crippen LogP contribution in [0.25, 0.3) is 11.1 Å². The van der Waals surface area contributed by atoms with Gasteiger partial charge in [-0.05, 0) is 56.0 Å². The van der Waals surface area contributed by atoms with Gasteiger partial charge in [0.15, 0.2) is 0 Å². The van der Waals surface area contributed by atoms with E-state index in [2.05, 4.69) is 29.0 Å². The molecule has 26 heavy (non-hydrogen) atoms. The highest BCUT2D eigenvalue weighted by atomic mass is 19.3. The minimum atomic E-state index is -2.58. The molecule has 0 spiro atoms. The van der Waals surface area contributed by atoms with Gasteiger partial charge in [0.1, 0.15) is 5.69 Å². The number of alkyl halides is 2. The Bertz CT molecular complexity index is 803. The number of pyridine rings is 1. The molecule has 1 aliphatic heterocycles. The van der Waals surface area contributed by atoms with Crippen molar-refractivity contribution in [2.45, 2.75) is 39.2 Å². The predicted molar refractivity (Wildman–Crippen MR) is 98.8 cm³/mol. The molecule has 2 heterocycles. The molecule has 2 aromatic rings. The molecule has 1 aromatic heterocycles. The van der Waals surface area contributed by atoms with Crippen LogP contribution in [0, 0.1) is 0 Å². The first-order chi connectivity index (χ1) is 12.4. The second-order valence-electron chi connectivity index (χ2n) is 6.77. The molecule has 1 amide bonds. The van der Waals surface area contributed by atoms with Crippen LogP contribution in [0.3, 0.4) is 0 Å². The summed E-state index contributed by atoms with van der Waals surface area (Å²) < 4.78 is 27.5. The number of carbonyl (C=O) groups is 1. The van der Waals surface area contributed by atoms with E-state index >= 15 is 0 Å². The van der Waals surface area contributed by atoms with Crippen LogP contribution in [-0.2, 0) is 6.42 Å². The normalized spacial score (nSPS) is 13.9. The molecule has 1 N–H and O–H groups in total. The lowest BCUT2D eigenvalue weighted by Crippen LogP contribution is -2.35. The SMILES string of the molecule is CNC(=O)c1ccc(-c2cc3c(cc2C(F)F)N(C(C)C)CCC3)cn1. The maximum absolute atomic E-state index is 13.8. The fraction of sp³-hybridized carbons (Fsp3) is 0.400. The second-order valence-corrected chi connectivity index (χ2v) is 6.77. The van der Waals surface area contributed by atoms with E-state index in [0.717, 1.165) is 30.6 Å². The van der Waals surface area contributed by atoms with Crippen molar-refractivity contribution in [1.29, 1.82) is 0 Å². The van der Waals surface area contributed by atoms with Crippen LogP contribution >= 0.6 is 0 Å². The molecule has 0 atom stereocenters. The van der Waals surface area contributed by atoms with Gasteiger partial charge in [-0.3, -0.25) is 9.78 Å². The zero-order valence-electron chi connectivity index (χ0n) is 15.2. The lowest BCUT2D eigenvalue weighted by molar-refractivity contribution is 0.0958. The number of anilines is 1. The Morgan fingerprint density at radius 3 is 2.62 bits per heavy atom. The molecule has 0 fully saturated rings. The average Bonchev–Trinajstić information content (AvgIpc) is 2.65. The third-order valence-electron chi connectivity index (χ3n) is 4.80. The second kappa shape index (κ2) is 7.40. The van der Waals surface area contributed by atoms with E-state index in [4.69, 9.17) is 0 Å². The van der Waals surface area contributed by atoms with Crippen LogP contribution in [-0.4, -0.2) is 30.5 Å². The summed E-state index contributed by atoms with van der Waals surface area (Å²) in [4.78, 5) is 17.9. The first kappa shape index (κ1) is 18.3. The summed E-state index contributed by atoms with van der Waals surface area (Å²) in [5, 5.41) is 2.50. The summed E-state index contributed by atoms with van der Waals surface area (Å²) >= 11 is 0. The summed E-state index contributed by atoms with van der Waals surface area (Å²) in [5.74, 6) is -0.302. The molecule has 1 aromatic carbocycles. The average molecular weight is 359 g/mol. The van der Waals surface area contributed by atoms with Crippen LogP contribution in [0.1, 0.15) is 48.3 Å². The van der Waals surface area contributed by atoms with E-state index in [1.165, 1.54) is 13.2 Å². The van der Waals surface area contributed by atoms with E-state index in [9.17, 15) is 13.6 Å². The van der Waals surface area contributed by atoms with E-state index in [1.807, 2.05) is 6.07 Å². The summed E-state index contributed by atoms with van der Waals surface area (Å²) in [6.45, 7) is 5.04. The van der Waals surface area contributed by atoms with Crippen molar-refractivity contribution in [3.8, 4) is 11.1 Å². The summed E-state index contributed by atoms with van der Waals surface area (Å²) in [6, 6.07) is 6.99. The molecule has 4 nitrogen and oxygen atoms in total. The number of fused-ring (bicyclic) bond motifs is 1. The van der Waals surface area contributed by atoms with Crippen LogP contribution in [0.5, 0.6) is 0 Å². The summed E-state index contributed by atoms with van der Waals surface area (Å²) in [6.07, 6.45) is 0.789. The van der Waals surface area contributed by atoms with E-state index in [0.29, 0.717) is 11.1 Å². The monoisotopic (exact) mass is 359 g/mol. The number of nitrogens with one attached hydrogen (secondary N) is 1. The Morgan fingerprint density at radius 1 is 1.27 bits per heavy atom. The smallest absolute Gasteiger partial charge is 0.269 e. The predicted octanol–water partition coefficient (Wildman–Crippen LogP) is 4.21. The van der Waals surface area contributed by atoms with Crippen molar-refractivity contribution >= 4 is 11.6 Å². The minimum absolute atomic E-state index is 0.00536. The van der Waals surface area contributed by atoms with Crippen LogP contribution in [0.15, 0.2) is 30.5 Å². The maximum atomic E-state index is 13.8. The highest BCUT2D eigenvalue weighted by molar-refractivity contribution is 5.92. The Balaban J connectivity index is 2.08. The number of carbonyl (C=O) groups excluding carboxylic acids is 1. The van der Waals surface area contributed by atoms with Gasteiger partial charge >= 0.3 is 0 Å². The van der Waals surface area contributed by atoms with Gasteiger partial charge in [0, 0.05) is 42.6 Å². The number of halogens is 2. The van der Waals surface area contributed by atoms with Crippen molar-refractivity contribution < 1.29 is 13.6 Å². The standard InChI is InChI=1S/C20H23F2N3O/c1-12(2)25-8-4-5-13-9-15(16(19(21)22)10-18(13)25)14-6-7-17(24-11-14)20(26)23-3/h6-7,9-12,19H,4-5,8H2,1-3H3,(H,23,26). The third kappa shape index (κ3) is 3.41. The van der Waals surface area contributed by atoms with Gasteiger partial charge in [0.2, 0.25) is 0 Å². The van der Waals surface area contributed by atoms with Crippen LogP contribution in [0.4, 0.5) is 14.5 Å². The lowest BCUT2D eigenvalue weighted by atomic mass is 9.92. The lowest BCUT2D eigenvalue weighted by Gasteiger charge is -2.35. The molecule has 0 bridgehead atoms. The van der Waals surface area contributed by atoms with Gasteiger partial charge in [-0.25, -0.2) is 8.78 Å². The molecular weight excluding hydrogens is 336 g/mol. The number of nitrogens with zero attached hydrogens (tertiary/aromatic N) is 2. The zero-order chi connectivity index (χ0) is 18.8. The Labute approximate surface area is 152 Å². The fourth-order valence-corrected chi connectivity index (χ4v) is 3.46. The number of hydrogen-bond donors (Lipinski definition) is 1. The first-order valence-electron chi connectivity index (χ1n) is 8.82. The Hall–Kier alpha value is -2.50. The topological polar surface area (TPSA) is 45.2 Å². The van der Waals surface area contributed by atoms with Crippen LogP contribution < -0.4 is 10.2 Å². The van der Waals surface area contributed by atoms with E-state index in [-0.39, 0.29) is 23.2 Å². The Kier molecular flexibility index (Phi) is 5.20. The minimum Gasteiger partial charge on any atom is -0.369 e. The molecule has 3 rings (SSSR count). The number of aryl methyl sites for hydroxylation is 1. The highest BCUT2D eigenvalue weighted by Crippen LogP contribution is 2.39. The van der Waals surface area contributed by atoms with Gasteiger partial charge in [0.05, 0.1) is 0 Å². The number of amides is 1.